The molecule has 0 unspecified atom stereocenters. The third kappa shape index (κ3) is 2.13. The van der Waals surface area contributed by atoms with Crippen LogP contribution < -0.4 is 34.7 Å². The third-order valence-electron chi connectivity index (χ3n) is 0.794. The first-order chi connectivity index (χ1) is 4.20. The van der Waals surface area contributed by atoms with Crippen molar-refractivity contribution in [2.45, 2.75) is 6.92 Å². The summed E-state index contributed by atoms with van der Waals surface area (Å²) >= 11 is 0. The van der Waals surface area contributed by atoms with E-state index in [2.05, 4.69) is 9.40 Å². The van der Waals surface area contributed by atoms with Crippen LogP contribution in [0.15, 0.2) is 10.7 Å². The predicted molar refractivity (Wildman–Crippen MR) is 25.6 cm³/mol. The number of carboxylic acid groups (broad SMARTS) is 1. The molecule has 4 nitrogen and oxygen atoms in total. The molecule has 0 aliphatic heterocycles. The molecule has 1 aromatic heterocycles. The van der Waals surface area contributed by atoms with Crippen LogP contribution in [0.4, 0.5) is 0 Å². The van der Waals surface area contributed by atoms with Crippen molar-refractivity contribution < 1.29 is 43.9 Å². The van der Waals surface area contributed by atoms with Gasteiger partial charge in [0.25, 0.3) is 0 Å². The van der Waals surface area contributed by atoms with E-state index in [1.807, 2.05) is 0 Å². The minimum atomic E-state index is -1.39. The van der Waals surface area contributed by atoms with Crippen LogP contribution in [-0.2, 0) is 0 Å². The van der Waals surface area contributed by atoms with Gasteiger partial charge in [-0.2, -0.15) is 0 Å². The van der Waals surface area contributed by atoms with Crippen LogP contribution in [0.5, 0.6) is 0 Å². The number of nitrogens with zero attached hydrogens (tertiary/aromatic N) is 1. The van der Waals surface area contributed by atoms with Crippen LogP contribution in [0.1, 0.15) is 16.4 Å². The first kappa shape index (κ1) is 9.68. The summed E-state index contributed by atoms with van der Waals surface area (Å²) in [6.45, 7) is 1.63. The molecule has 1 heterocycles. The van der Waals surface area contributed by atoms with Gasteiger partial charge in [0.05, 0.1) is 5.69 Å². The molecule has 0 N–H and O–H groups in total. The van der Waals surface area contributed by atoms with Crippen LogP contribution >= 0.6 is 0 Å². The van der Waals surface area contributed by atoms with Crippen molar-refractivity contribution in [2.75, 3.05) is 0 Å². The fraction of sp³-hybridized carbons (Fsp3) is 0.200. The molecule has 0 aliphatic rings. The topological polar surface area (TPSA) is 66.2 Å². The molecule has 48 valence electrons. The first-order valence-electron chi connectivity index (χ1n) is 2.33. The molecule has 0 amide bonds. The van der Waals surface area contributed by atoms with Gasteiger partial charge >= 0.3 is 29.6 Å². The molecular weight excluding hydrogens is 145 g/mol. The van der Waals surface area contributed by atoms with Crippen molar-refractivity contribution in [3.05, 3.63) is 17.8 Å². The number of aromatic carboxylic acids is 1. The number of hydrogen-bond donors (Lipinski definition) is 0. The van der Waals surface area contributed by atoms with E-state index in [0.29, 0.717) is 5.69 Å². The SMILES string of the molecule is Cc1coc(C(=O)[O-])n1.[Na+]. The molecule has 1 rings (SSSR count). The molecule has 0 saturated carbocycles. The molecule has 0 saturated heterocycles. The van der Waals surface area contributed by atoms with Gasteiger partial charge in [0.1, 0.15) is 12.2 Å². The van der Waals surface area contributed by atoms with Gasteiger partial charge < -0.3 is 14.3 Å². The molecule has 5 heteroatoms. The molecule has 1 aromatic rings. The number of carboxylic acids is 1. The second-order valence-corrected chi connectivity index (χ2v) is 1.58. The van der Waals surface area contributed by atoms with Gasteiger partial charge in [-0.25, -0.2) is 4.98 Å². The minimum absolute atomic E-state index is 0. The zero-order valence-electron chi connectivity index (χ0n) is 5.75. The van der Waals surface area contributed by atoms with Crippen LogP contribution in [0.3, 0.4) is 0 Å². The van der Waals surface area contributed by atoms with E-state index in [1.54, 1.807) is 6.92 Å². The second-order valence-electron chi connectivity index (χ2n) is 1.58. The molecule has 10 heavy (non-hydrogen) atoms. The fourth-order valence-corrected chi connectivity index (χ4v) is 0.448. The molecule has 0 spiro atoms. The summed E-state index contributed by atoms with van der Waals surface area (Å²) in [5, 5.41) is 9.95. The quantitative estimate of drug-likeness (QED) is 0.386. The second kappa shape index (κ2) is 3.75. The Morgan fingerprint density at radius 3 is 2.60 bits per heavy atom. The summed E-state index contributed by atoms with van der Waals surface area (Å²) in [7, 11) is 0. The van der Waals surface area contributed by atoms with E-state index < -0.39 is 5.97 Å². The standard InChI is InChI=1S/C5H5NO3.Na/c1-3-2-9-4(6-3)5(7)8;/h2H,1H3,(H,7,8);/q;+1/p-1. The Morgan fingerprint density at radius 2 is 2.40 bits per heavy atom. The van der Waals surface area contributed by atoms with E-state index in [4.69, 9.17) is 0 Å². The van der Waals surface area contributed by atoms with Crippen LogP contribution in [0.2, 0.25) is 0 Å². The van der Waals surface area contributed by atoms with Crippen molar-refractivity contribution in [2.24, 2.45) is 0 Å². The van der Waals surface area contributed by atoms with Gasteiger partial charge in [-0.1, -0.05) is 0 Å². The van der Waals surface area contributed by atoms with Gasteiger partial charge in [-0.05, 0) is 6.92 Å². The molecule has 0 atom stereocenters. The number of aromatic nitrogens is 1. The van der Waals surface area contributed by atoms with E-state index in [1.165, 1.54) is 6.26 Å². The number of carbonyl (C=O) groups is 1. The average molecular weight is 149 g/mol. The Hall–Kier alpha value is -0.320. The summed E-state index contributed by atoms with van der Waals surface area (Å²) < 4.78 is 4.45. The molecular formula is C5H4NNaO3. The molecule has 0 radical (unpaired) electrons. The maximum Gasteiger partial charge on any atom is 1.00 e. The van der Waals surface area contributed by atoms with Crippen LogP contribution in [-0.4, -0.2) is 11.0 Å². The Balaban J connectivity index is 0.000000810. The normalized spacial score (nSPS) is 8.50. The van der Waals surface area contributed by atoms with E-state index in [0.717, 1.165) is 0 Å². The fourth-order valence-electron chi connectivity index (χ4n) is 0.448. The average Bonchev–Trinajstić information content (AvgIpc) is 2.14. The summed E-state index contributed by atoms with van der Waals surface area (Å²) in [6.07, 6.45) is 1.26. The summed E-state index contributed by atoms with van der Waals surface area (Å²) in [5.41, 5.74) is 0.536. The predicted octanol–water partition coefficient (Wildman–Crippen LogP) is -3.65. The number of aryl methyl sites for hydroxylation is 1. The van der Waals surface area contributed by atoms with Crippen molar-refractivity contribution in [3.63, 3.8) is 0 Å². The maximum atomic E-state index is 9.95. The molecule has 0 aliphatic carbocycles. The van der Waals surface area contributed by atoms with Gasteiger partial charge in [0, 0.05) is 0 Å². The molecule has 0 fully saturated rings. The zero-order valence-corrected chi connectivity index (χ0v) is 7.75. The van der Waals surface area contributed by atoms with Gasteiger partial charge in [-0.3, -0.25) is 0 Å². The number of hydrogen-bond acceptors (Lipinski definition) is 4. The van der Waals surface area contributed by atoms with Crippen LogP contribution in [0, 0.1) is 6.92 Å². The molecule has 0 aromatic carbocycles. The Morgan fingerprint density at radius 1 is 1.80 bits per heavy atom. The smallest absolute Gasteiger partial charge is 0.540 e. The monoisotopic (exact) mass is 149 g/mol. The van der Waals surface area contributed by atoms with Crippen molar-refractivity contribution in [1.82, 2.24) is 4.98 Å². The van der Waals surface area contributed by atoms with Gasteiger partial charge in [0.2, 0.25) is 5.89 Å². The Bertz CT molecular complexity index is 233. The Labute approximate surface area is 79.5 Å². The van der Waals surface area contributed by atoms with E-state index >= 15 is 0 Å². The maximum absolute atomic E-state index is 9.95. The number of carbonyl (C=O) groups excluding carboxylic acids is 1. The van der Waals surface area contributed by atoms with Crippen molar-refractivity contribution in [1.29, 1.82) is 0 Å². The first-order valence-corrected chi connectivity index (χ1v) is 2.33. The van der Waals surface area contributed by atoms with Crippen molar-refractivity contribution >= 4 is 5.97 Å². The van der Waals surface area contributed by atoms with Crippen molar-refractivity contribution in [3.8, 4) is 0 Å². The number of rotatable bonds is 1. The van der Waals surface area contributed by atoms with Gasteiger partial charge in [0.15, 0.2) is 0 Å². The summed E-state index contributed by atoms with van der Waals surface area (Å²) in [5.74, 6) is -1.75. The largest absolute Gasteiger partial charge is 1.00 e. The molecule has 0 bridgehead atoms. The third-order valence-corrected chi connectivity index (χ3v) is 0.794. The van der Waals surface area contributed by atoms with E-state index in [9.17, 15) is 9.90 Å². The van der Waals surface area contributed by atoms with E-state index in [-0.39, 0.29) is 35.4 Å². The van der Waals surface area contributed by atoms with Crippen LogP contribution in [0.25, 0.3) is 0 Å². The summed E-state index contributed by atoms with van der Waals surface area (Å²) in [4.78, 5) is 13.4. The minimum Gasteiger partial charge on any atom is -0.540 e. The zero-order chi connectivity index (χ0) is 6.85. The van der Waals surface area contributed by atoms with Gasteiger partial charge in [-0.15, -0.1) is 0 Å². The Kier molecular flexibility index (Phi) is 3.63. The number of oxazole rings is 1. The summed E-state index contributed by atoms with van der Waals surface area (Å²) in [6, 6.07) is 0.